The van der Waals surface area contributed by atoms with Crippen molar-refractivity contribution in [3.63, 3.8) is 0 Å². The van der Waals surface area contributed by atoms with Crippen LogP contribution in [0.4, 0.5) is 11.4 Å². The van der Waals surface area contributed by atoms with E-state index in [2.05, 4.69) is 58.8 Å². The van der Waals surface area contributed by atoms with Gasteiger partial charge in [-0.05, 0) is 40.5 Å². The summed E-state index contributed by atoms with van der Waals surface area (Å²) in [4.78, 5) is 2.13. The zero-order valence-electron chi connectivity index (χ0n) is 11.8. The van der Waals surface area contributed by atoms with E-state index >= 15 is 0 Å². The fourth-order valence-electron chi connectivity index (χ4n) is 3.06. The van der Waals surface area contributed by atoms with Gasteiger partial charge in [0.2, 0.25) is 0 Å². The molecule has 1 aromatic carbocycles. The van der Waals surface area contributed by atoms with Crippen LogP contribution in [0.3, 0.4) is 0 Å². The highest BCUT2D eigenvalue weighted by molar-refractivity contribution is 5.61. The molecular weight excluding hydrogens is 208 g/mol. The monoisotopic (exact) mass is 232 g/mol. The molecular formula is C15H24N2. The molecule has 0 radical (unpaired) electrons. The van der Waals surface area contributed by atoms with Gasteiger partial charge >= 0.3 is 0 Å². The molecule has 1 aliphatic rings. The van der Waals surface area contributed by atoms with Crippen molar-refractivity contribution < 1.29 is 0 Å². The second-order valence-electron chi connectivity index (χ2n) is 6.58. The van der Waals surface area contributed by atoms with E-state index in [1.165, 1.54) is 11.3 Å². The Morgan fingerprint density at radius 3 is 2.00 bits per heavy atom. The van der Waals surface area contributed by atoms with Crippen molar-refractivity contribution in [2.75, 3.05) is 24.7 Å². The van der Waals surface area contributed by atoms with E-state index < -0.39 is 0 Å². The van der Waals surface area contributed by atoms with E-state index in [0.29, 0.717) is 16.7 Å². The molecule has 0 unspecified atom stereocenters. The first-order valence-corrected chi connectivity index (χ1v) is 6.26. The summed E-state index contributed by atoms with van der Waals surface area (Å²) in [5.74, 6) is 0.565. The van der Waals surface area contributed by atoms with Crippen molar-refractivity contribution in [2.24, 2.45) is 10.8 Å². The summed E-state index contributed by atoms with van der Waals surface area (Å²) in [6.07, 6.45) is 0. The SMILES string of the molecule is CN(C)c1ccc(N)c(C2C(C)(C)C2(C)C)c1. The molecule has 0 saturated heterocycles. The first kappa shape index (κ1) is 12.3. The molecule has 0 heterocycles. The number of nitrogens with two attached hydrogens (primary N) is 1. The minimum Gasteiger partial charge on any atom is -0.398 e. The molecule has 2 N–H and O–H groups in total. The van der Waals surface area contributed by atoms with Gasteiger partial charge in [-0.2, -0.15) is 0 Å². The predicted octanol–water partition coefficient (Wildman–Crippen LogP) is 3.48. The fraction of sp³-hybridized carbons (Fsp3) is 0.600. The lowest BCUT2D eigenvalue weighted by Crippen LogP contribution is -2.09. The van der Waals surface area contributed by atoms with E-state index in [1.807, 2.05) is 6.07 Å². The number of hydrogen-bond acceptors (Lipinski definition) is 2. The standard InChI is InChI=1S/C15H24N2/c1-14(2)13(15(14,3)4)11-9-10(17(5)6)7-8-12(11)16/h7-9,13H,16H2,1-6H3. The normalized spacial score (nSPS) is 21.3. The Hall–Kier alpha value is -1.18. The first-order valence-electron chi connectivity index (χ1n) is 6.26. The first-order chi connectivity index (χ1) is 7.69. The van der Waals surface area contributed by atoms with E-state index in [0.717, 1.165) is 5.69 Å². The second kappa shape index (κ2) is 3.41. The van der Waals surface area contributed by atoms with Crippen LogP contribution in [-0.2, 0) is 0 Å². The van der Waals surface area contributed by atoms with Crippen molar-refractivity contribution in [1.82, 2.24) is 0 Å². The van der Waals surface area contributed by atoms with Crippen LogP contribution in [-0.4, -0.2) is 14.1 Å². The Bertz CT molecular complexity index is 430. The summed E-state index contributed by atoms with van der Waals surface area (Å²) in [7, 11) is 4.14. The Morgan fingerprint density at radius 2 is 1.59 bits per heavy atom. The fourth-order valence-corrected chi connectivity index (χ4v) is 3.06. The van der Waals surface area contributed by atoms with Crippen LogP contribution >= 0.6 is 0 Å². The molecule has 1 saturated carbocycles. The highest BCUT2D eigenvalue weighted by Crippen LogP contribution is 2.74. The Morgan fingerprint density at radius 1 is 1.06 bits per heavy atom. The maximum Gasteiger partial charge on any atom is 0.0365 e. The average Bonchev–Trinajstić information content (AvgIpc) is 2.59. The average molecular weight is 232 g/mol. The van der Waals surface area contributed by atoms with Gasteiger partial charge in [-0.3, -0.25) is 0 Å². The summed E-state index contributed by atoms with van der Waals surface area (Å²) in [5, 5.41) is 0. The summed E-state index contributed by atoms with van der Waals surface area (Å²) in [6.45, 7) is 9.33. The van der Waals surface area contributed by atoms with E-state index in [-0.39, 0.29) is 0 Å². The highest BCUT2D eigenvalue weighted by atomic mass is 15.1. The molecule has 0 aliphatic heterocycles. The van der Waals surface area contributed by atoms with Crippen LogP contribution in [0, 0.1) is 10.8 Å². The smallest absolute Gasteiger partial charge is 0.0365 e. The quantitative estimate of drug-likeness (QED) is 0.791. The number of benzene rings is 1. The van der Waals surface area contributed by atoms with Crippen molar-refractivity contribution in [3.05, 3.63) is 23.8 Å². The molecule has 0 bridgehead atoms. The van der Waals surface area contributed by atoms with Gasteiger partial charge in [-0.15, -0.1) is 0 Å². The lowest BCUT2D eigenvalue weighted by atomic mass is 10.0. The lowest BCUT2D eigenvalue weighted by molar-refractivity contribution is 0.457. The number of hydrogen-bond donors (Lipinski definition) is 1. The second-order valence-corrected chi connectivity index (χ2v) is 6.58. The van der Waals surface area contributed by atoms with Gasteiger partial charge in [0.15, 0.2) is 0 Å². The van der Waals surface area contributed by atoms with Crippen LogP contribution < -0.4 is 10.6 Å². The van der Waals surface area contributed by atoms with Crippen LogP contribution in [0.2, 0.25) is 0 Å². The zero-order chi connectivity index (χ0) is 13.0. The zero-order valence-corrected chi connectivity index (χ0v) is 11.8. The van der Waals surface area contributed by atoms with Gasteiger partial charge in [0.05, 0.1) is 0 Å². The molecule has 1 fully saturated rings. The van der Waals surface area contributed by atoms with Gasteiger partial charge in [0.1, 0.15) is 0 Å². The van der Waals surface area contributed by atoms with Crippen LogP contribution in [0.1, 0.15) is 39.2 Å². The minimum absolute atomic E-state index is 0.339. The van der Waals surface area contributed by atoms with Gasteiger partial charge in [-0.1, -0.05) is 27.7 Å². The third kappa shape index (κ3) is 1.62. The Kier molecular flexibility index (Phi) is 2.46. The molecule has 2 rings (SSSR count). The third-order valence-corrected chi connectivity index (χ3v) is 4.92. The summed E-state index contributed by atoms with van der Waals surface area (Å²) >= 11 is 0. The van der Waals surface area contributed by atoms with Gasteiger partial charge in [0, 0.05) is 25.5 Å². The summed E-state index contributed by atoms with van der Waals surface area (Å²) in [6, 6.07) is 6.37. The maximum atomic E-state index is 6.15. The van der Waals surface area contributed by atoms with Crippen molar-refractivity contribution in [2.45, 2.75) is 33.6 Å². The molecule has 0 atom stereocenters. The van der Waals surface area contributed by atoms with Crippen molar-refractivity contribution in [1.29, 1.82) is 0 Å². The molecule has 17 heavy (non-hydrogen) atoms. The van der Waals surface area contributed by atoms with E-state index in [9.17, 15) is 0 Å². The number of nitrogen functional groups attached to an aromatic ring is 1. The van der Waals surface area contributed by atoms with Crippen LogP contribution in [0.5, 0.6) is 0 Å². The lowest BCUT2D eigenvalue weighted by Gasteiger charge is -2.16. The summed E-state index contributed by atoms with van der Waals surface area (Å²) in [5.41, 5.74) is 10.3. The van der Waals surface area contributed by atoms with Gasteiger partial charge in [-0.25, -0.2) is 0 Å². The van der Waals surface area contributed by atoms with Crippen molar-refractivity contribution >= 4 is 11.4 Å². The number of nitrogens with zero attached hydrogens (tertiary/aromatic N) is 1. The molecule has 1 aromatic rings. The van der Waals surface area contributed by atoms with E-state index in [4.69, 9.17) is 5.73 Å². The maximum absolute atomic E-state index is 6.15. The molecule has 1 aliphatic carbocycles. The summed E-state index contributed by atoms with van der Waals surface area (Å²) < 4.78 is 0. The van der Waals surface area contributed by atoms with E-state index in [1.54, 1.807) is 0 Å². The number of rotatable bonds is 2. The molecule has 0 aromatic heterocycles. The highest BCUT2D eigenvalue weighted by Gasteiger charge is 2.65. The molecule has 2 heteroatoms. The molecule has 2 nitrogen and oxygen atoms in total. The molecule has 0 amide bonds. The predicted molar refractivity (Wildman–Crippen MR) is 75.5 cm³/mol. The number of anilines is 2. The topological polar surface area (TPSA) is 29.3 Å². The van der Waals surface area contributed by atoms with Crippen LogP contribution in [0.25, 0.3) is 0 Å². The van der Waals surface area contributed by atoms with Crippen LogP contribution in [0.15, 0.2) is 18.2 Å². The molecule has 0 spiro atoms. The largest absolute Gasteiger partial charge is 0.398 e. The minimum atomic E-state index is 0.339. The third-order valence-electron chi connectivity index (χ3n) is 4.92. The molecule has 94 valence electrons. The Labute approximate surface area is 105 Å². The van der Waals surface area contributed by atoms with Gasteiger partial charge in [0.25, 0.3) is 0 Å². The Balaban J connectivity index is 2.44. The van der Waals surface area contributed by atoms with Gasteiger partial charge < -0.3 is 10.6 Å². The van der Waals surface area contributed by atoms with Crippen molar-refractivity contribution in [3.8, 4) is 0 Å².